The molecular weight excluding hydrogens is 376 g/mol. The summed E-state index contributed by atoms with van der Waals surface area (Å²) in [5, 5.41) is 2.37. The average Bonchev–Trinajstić information content (AvgIpc) is 2.62. The van der Waals surface area contributed by atoms with Crippen LogP contribution >= 0.6 is 0 Å². The summed E-state index contributed by atoms with van der Waals surface area (Å²) in [5.41, 5.74) is 0.0514. The van der Waals surface area contributed by atoms with E-state index in [4.69, 9.17) is 4.74 Å². The van der Waals surface area contributed by atoms with Crippen molar-refractivity contribution in [2.24, 2.45) is 5.92 Å². The Morgan fingerprint density at radius 2 is 1.70 bits per heavy atom. The highest BCUT2D eigenvalue weighted by molar-refractivity contribution is 7.91. The van der Waals surface area contributed by atoms with Crippen molar-refractivity contribution in [2.45, 2.75) is 30.9 Å². The summed E-state index contributed by atoms with van der Waals surface area (Å²) in [4.78, 5) is 11.7. The van der Waals surface area contributed by atoms with Crippen molar-refractivity contribution in [1.29, 1.82) is 0 Å². The van der Waals surface area contributed by atoms with Gasteiger partial charge in [-0.1, -0.05) is 26.0 Å². The van der Waals surface area contributed by atoms with Crippen molar-refractivity contribution in [2.75, 3.05) is 11.9 Å². The number of hydrogen-bond acceptors (Lipinski definition) is 4. The Kier molecular flexibility index (Phi) is 6.90. The van der Waals surface area contributed by atoms with E-state index >= 15 is 0 Å². The Morgan fingerprint density at radius 3 is 2.30 bits per heavy atom. The zero-order valence-electron chi connectivity index (χ0n) is 15.0. The van der Waals surface area contributed by atoms with Crippen LogP contribution in [-0.4, -0.2) is 26.7 Å². The predicted octanol–water partition coefficient (Wildman–Crippen LogP) is 4.36. The standard InChI is InChI=1S/C19H21F2NO4S/c1-13(2)11-12-26-15-9-7-14(8-10-15)18(23)22-16-5-3-4-6-17(16)27(24,25)19(20)21/h3-10,13,19H,11-12H2,1-2H3,(H,22,23). The Morgan fingerprint density at radius 1 is 1.07 bits per heavy atom. The van der Waals surface area contributed by atoms with E-state index < -0.39 is 26.4 Å². The first-order chi connectivity index (χ1) is 12.7. The van der Waals surface area contributed by atoms with Crippen LogP contribution in [-0.2, 0) is 9.84 Å². The summed E-state index contributed by atoms with van der Waals surface area (Å²) in [6.45, 7) is 4.73. The van der Waals surface area contributed by atoms with Gasteiger partial charge in [-0.15, -0.1) is 0 Å². The molecule has 2 aromatic rings. The molecule has 0 aliphatic carbocycles. The molecule has 0 spiro atoms. The van der Waals surface area contributed by atoms with E-state index in [2.05, 4.69) is 19.2 Å². The Hall–Kier alpha value is -2.48. The summed E-state index contributed by atoms with van der Waals surface area (Å²) in [6.07, 6.45) is 0.900. The summed E-state index contributed by atoms with van der Waals surface area (Å²) in [7, 11) is -4.83. The number of benzene rings is 2. The minimum absolute atomic E-state index is 0.194. The quantitative estimate of drug-likeness (QED) is 0.718. The van der Waals surface area contributed by atoms with Crippen LogP contribution in [0.15, 0.2) is 53.4 Å². The van der Waals surface area contributed by atoms with Crippen molar-refractivity contribution in [1.82, 2.24) is 0 Å². The van der Waals surface area contributed by atoms with Crippen molar-refractivity contribution in [3.63, 3.8) is 0 Å². The summed E-state index contributed by atoms with van der Waals surface area (Å²) in [6, 6.07) is 11.3. The number of rotatable bonds is 8. The van der Waals surface area contributed by atoms with E-state index in [1.54, 1.807) is 12.1 Å². The predicted molar refractivity (Wildman–Crippen MR) is 99.0 cm³/mol. The lowest BCUT2D eigenvalue weighted by Gasteiger charge is -2.12. The van der Waals surface area contributed by atoms with Gasteiger partial charge in [-0.3, -0.25) is 4.79 Å². The Balaban J connectivity index is 2.12. The number of amides is 1. The van der Waals surface area contributed by atoms with Gasteiger partial charge in [-0.2, -0.15) is 8.78 Å². The maximum Gasteiger partial charge on any atom is 0.341 e. The number of nitrogens with one attached hydrogen (secondary N) is 1. The van der Waals surface area contributed by atoms with Crippen LogP contribution in [0.5, 0.6) is 5.75 Å². The number of alkyl halides is 2. The van der Waals surface area contributed by atoms with E-state index in [9.17, 15) is 22.0 Å². The van der Waals surface area contributed by atoms with Crippen LogP contribution in [0.2, 0.25) is 0 Å². The SMILES string of the molecule is CC(C)CCOc1ccc(C(=O)Nc2ccccc2S(=O)(=O)C(F)F)cc1. The van der Waals surface area contributed by atoms with Gasteiger partial charge >= 0.3 is 5.76 Å². The molecule has 27 heavy (non-hydrogen) atoms. The van der Waals surface area contributed by atoms with Crippen molar-refractivity contribution in [3.05, 3.63) is 54.1 Å². The van der Waals surface area contributed by atoms with Crippen molar-refractivity contribution >= 4 is 21.4 Å². The third kappa shape index (κ3) is 5.50. The highest BCUT2D eigenvalue weighted by Gasteiger charge is 2.29. The van der Waals surface area contributed by atoms with Crippen LogP contribution < -0.4 is 10.1 Å². The van der Waals surface area contributed by atoms with Crippen molar-refractivity contribution in [3.8, 4) is 5.75 Å². The molecule has 1 amide bonds. The fraction of sp³-hybridized carbons (Fsp3) is 0.316. The number of hydrogen-bond donors (Lipinski definition) is 1. The molecule has 0 saturated carbocycles. The van der Waals surface area contributed by atoms with Gasteiger partial charge < -0.3 is 10.1 Å². The number of para-hydroxylation sites is 1. The highest BCUT2D eigenvalue weighted by Crippen LogP contribution is 2.26. The van der Waals surface area contributed by atoms with Crippen LogP contribution in [0, 0.1) is 5.92 Å². The van der Waals surface area contributed by atoms with Gasteiger partial charge in [0.1, 0.15) is 5.75 Å². The second-order valence-electron chi connectivity index (χ2n) is 6.31. The monoisotopic (exact) mass is 397 g/mol. The molecule has 1 N–H and O–H groups in total. The molecule has 0 radical (unpaired) electrons. The van der Waals surface area contributed by atoms with Crippen molar-refractivity contribution < 1.29 is 26.7 Å². The largest absolute Gasteiger partial charge is 0.494 e. The molecular formula is C19H21F2NO4S. The van der Waals surface area contributed by atoms with Gasteiger partial charge in [0.15, 0.2) is 0 Å². The molecule has 146 valence electrons. The average molecular weight is 397 g/mol. The molecule has 0 heterocycles. The van der Waals surface area contributed by atoms with Crippen LogP contribution in [0.3, 0.4) is 0 Å². The summed E-state index contributed by atoms with van der Waals surface area (Å²) < 4.78 is 54.7. The van der Waals surface area contributed by atoms with Gasteiger partial charge in [0.25, 0.3) is 5.91 Å². The molecule has 0 aromatic heterocycles. The lowest BCUT2D eigenvalue weighted by atomic mass is 10.1. The fourth-order valence-electron chi connectivity index (χ4n) is 2.22. The molecule has 0 atom stereocenters. The minimum atomic E-state index is -4.83. The van der Waals surface area contributed by atoms with Crippen LogP contribution in [0.1, 0.15) is 30.6 Å². The molecule has 8 heteroatoms. The maximum absolute atomic E-state index is 12.8. The van der Waals surface area contributed by atoms with Gasteiger partial charge in [0.2, 0.25) is 9.84 Å². The lowest BCUT2D eigenvalue weighted by Crippen LogP contribution is -2.17. The fourth-order valence-corrected chi connectivity index (χ4v) is 3.11. The molecule has 0 saturated heterocycles. The smallest absolute Gasteiger partial charge is 0.341 e. The third-order valence-electron chi connectivity index (χ3n) is 3.76. The number of carbonyl (C=O) groups is 1. The van der Waals surface area contributed by atoms with Gasteiger partial charge in [-0.05, 0) is 48.7 Å². The second-order valence-corrected chi connectivity index (χ2v) is 8.20. The minimum Gasteiger partial charge on any atom is -0.494 e. The normalized spacial score (nSPS) is 11.6. The molecule has 2 aromatic carbocycles. The maximum atomic E-state index is 12.8. The topological polar surface area (TPSA) is 72.5 Å². The Bertz CT molecular complexity index is 881. The van der Waals surface area contributed by atoms with E-state index in [-0.39, 0.29) is 11.3 Å². The molecule has 0 aliphatic heterocycles. The first-order valence-corrected chi connectivity index (χ1v) is 9.91. The van der Waals surface area contributed by atoms with Gasteiger partial charge in [0.05, 0.1) is 17.2 Å². The number of halogens is 2. The number of anilines is 1. The first kappa shape index (κ1) is 20.8. The molecule has 2 rings (SSSR count). The molecule has 0 bridgehead atoms. The van der Waals surface area contributed by atoms with E-state index in [1.807, 2.05) is 0 Å². The zero-order valence-corrected chi connectivity index (χ0v) is 15.8. The van der Waals surface area contributed by atoms with E-state index in [0.717, 1.165) is 12.5 Å². The number of carbonyl (C=O) groups excluding carboxylic acids is 1. The molecule has 5 nitrogen and oxygen atoms in total. The summed E-state index contributed by atoms with van der Waals surface area (Å²) >= 11 is 0. The number of sulfone groups is 1. The number of ether oxygens (including phenoxy) is 1. The second kappa shape index (κ2) is 8.94. The molecule has 0 fully saturated rings. The van der Waals surface area contributed by atoms with Crippen LogP contribution in [0.4, 0.5) is 14.5 Å². The van der Waals surface area contributed by atoms with E-state index in [1.165, 1.54) is 30.3 Å². The Labute approximate surface area is 157 Å². The van der Waals surface area contributed by atoms with E-state index in [0.29, 0.717) is 18.3 Å². The zero-order chi connectivity index (χ0) is 20.0. The molecule has 0 unspecified atom stereocenters. The molecule has 0 aliphatic rings. The van der Waals surface area contributed by atoms with Gasteiger partial charge in [-0.25, -0.2) is 8.42 Å². The first-order valence-electron chi connectivity index (χ1n) is 8.37. The van der Waals surface area contributed by atoms with Crippen LogP contribution in [0.25, 0.3) is 0 Å². The summed E-state index contributed by atoms with van der Waals surface area (Å²) in [5.74, 6) is -3.06. The lowest BCUT2D eigenvalue weighted by molar-refractivity contribution is 0.102. The highest BCUT2D eigenvalue weighted by atomic mass is 32.2. The third-order valence-corrected chi connectivity index (χ3v) is 5.19. The van der Waals surface area contributed by atoms with Gasteiger partial charge in [0, 0.05) is 5.56 Å².